The molecule has 0 saturated heterocycles. The number of carboxylic acids is 2. The number of pyridine rings is 1. The maximum absolute atomic E-state index is 11.0. The van der Waals surface area contributed by atoms with E-state index in [9.17, 15) is 19.8 Å². The molecule has 1 heterocycles. The summed E-state index contributed by atoms with van der Waals surface area (Å²) in [5.74, 6) is -2.17. The summed E-state index contributed by atoms with van der Waals surface area (Å²) in [7, 11) is 0. The second-order valence-electron chi connectivity index (χ2n) is 5.31. The highest BCUT2D eigenvalue weighted by molar-refractivity contribution is 5.87. The second kappa shape index (κ2) is 7.56. The number of aromatic hydroxyl groups is 1. The van der Waals surface area contributed by atoms with Crippen LogP contribution in [0.3, 0.4) is 0 Å². The highest BCUT2D eigenvalue weighted by atomic mass is 16.4. The van der Waals surface area contributed by atoms with Gasteiger partial charge in [-0.05, 0) is 29.8 Å². The Morgan fingerprint density at radius 2 is 1.88 bits per heavy atom. The predicted molar refractivity (Wildman–Crippen MR) is 83.9 cm³/mol. The molecule has 0 saturated carbocycles. The van der Waals surface area contributed by atoms with Crippen LogP contribution in [0, 0.1) is 0 Å². The standard InChI is InChI=1S/C17H17NO6/c19-14-6-4-12(18-13(14)5-7-16(21)22)9-15(20)10-2-1-3-11(8-10)17(23)24/h1-4,6,8,15,19-20H,5,7,9H2,(H,21,22)(H,23,24). The molecule has 1 unspecified atom stereocenters. The molecule has 0 fully saturated rings. The fraction of sp³-hybridized carbons (Fsp3) is 0.235. The third kappa shape index (κ3) is 4.53. The van der Waals surface area contributed by atoms with Gasteiger partial charge in [-0.3, -0.25) is 9.78 Å². The Labute approximate surface area is 137 Å². The second-order valence-corrected chi connectivity index (χ2v) is 5.31. The van der Waals surface area contributed by atoms with E-state index in [-0.39, 0.29) is 36.3 Å². The van der Waals surface area contributed by atoms with Crippen LogP contribution in [0.4, 0.5) is 0 Å². The maximum atomic E-state index is 11.0. The number of aliphatic hydroxyl groups is 1. The average Bonchev–Trinajstić information content (AvgIpc) is 2.55. The first-order valence-corrected chi connectivity index (χ1v) is 7.27. The maximum Gasteiger partial charge on any atom is 0.335 e. The number of carboxylic acid groups (broad SMARTS) is 2. The molecule has 2 aromatic rings. The van der Waals surface area contributed by atoms with Crippen LogP contribution in [-0.4, -0.2) is 37.3 Å². The van der Waals surface area contributed by atoms with E-state index in [1.54, 1.807) is 12.1 Å². The highest BCUT2D eigenvalue weighted by Crippen LogP contribution is 2.22. The SMILES string of the molecule is O=C(O)CCc1nc(CC(O)c2cccc(C(=O)O)c2)ccc1O. The average molecular weight is 331 g/mol. The molecular formula is C17H17NO6. The Hall–Kier alpha value is -2.93. The number of hydrogen-bond acceptors (Lipinski definition) is 5. The zero-order valence-electron chi connectivity index (χ0n) is 12.7. The van der Waals surface area contributed by atoms with Gasteiger partial charge in [0, 0.05) is 18.5 Å². The molecule has 1 aromatic carbocycles. The number of rotatable bonds is 7. The van der Waals surface area contributed by atoms with Crippen molar-refractivity contribution >= 4 is 11.9 Å². The van der Waals surface area contributed by atoms with Crippen LogP contribution in [0.2, 0.25) is 0 Å². The molecule has 0 aliphatic carbocycles. The Morgan fingerprint density at radius 3 is 2.54 bits per heavy atom. The molecule has 1 aromatic heterocycles. The van der Waals surface area contributed by atoms with Crippen molar-refractivity contribution in [3.05, 3.63) is 58.9 Å². The van der Waals surface area contributed by atoms with Gasteiger partial charge in [0.05, 0.1) is 23.8 Å². The molecule has 0 bridgehead atoms. The summed E-state index contributed by atoms with van der Waals surface area (Å²) in [5.41, 5.74) is 1.24. The molecule has 4 N–H and O–H groups in total. The largest absolute Gasteiger partial charge is 0.506 e. The van der Waals surface area contributed by atoms with Crippen molar-refractivity contribution in [2.45, 2.75) is 25.4 Å². The van der Waals surface area contributed by atoms with Gasteiger partial charge in [-0.25, -0.2) is 4.79 Å². The van der Waals surface area contributed by atoms with E-state index in [0.717, 1.165) is 0 Å². The van der Waals surface area contributed by atoms with Crippen molar-refractivity contribution in [3.63, 3.8) is 0 Å². The number of carbonyl (C=O) groups is 2. The summed E-state index contributed by atoms with van der Waals surface area (Å²) < 4.78 is 0. The van der Waals surface area contributed by atoms with Crippen LogP contribution < -0.4 is 0 Å². The van der Waals surface area contributed by atoms with Gasteiger partial charge in [-0.1, -0.05) is 12.1 Å². The Balaban J connectivity index is 2.15. The molecular weight excluding hydrogens is 314 g/mol. The van der Waals surface area contributed by atoms with Crippen LogP contribution in [0.1, 0.15) is 39.8 Å². The Kier molecular flexibility index (Phi) is 5.49. The summed E-state index contributed by atoms with van der Waals surface area (Å²) in [4.78, 5) is 25.8. The number of benzene rings is 1. The fourth-order valence-electron chi connectivity index (χ4n) is 2.26. The lowest BCUT2D eigenvalue weighted by atomic mass is 10.0. The van der Waals surface area contributed by atoms with Gasteiger partial charge in [0.15, 0.2) is 0 Å². The van der Waals surface area contributed by atoms with Gasteiger partial charge in [-0.2, -0.15) is 0 Å². The number of aryl methyl sites for hydroxylation is 1. The number of aliphatic carboxylic acids is 1. The first kappa shape index (κ1) is 17.4. The lowest BCUT2D eigenvalue weighted by Crippen LogP contribution is -2.07. The number of aromatic nitrogens is 1. The Bertz CT molecular complexity index is 758. The van der Waals surface area contributed by atoms with Gasteiger partial charge in [0.1, 0.15) is 5.75 Å². The smallest absolute Gasteiger partial charge is 0.335 e. The van der Waals surface area contributed by atoms with E-state index in [2.05, 4.69) is 4.98 Å². The van der Waals surface area contributed by atoms with Crippen LogP contribution in [0.25, 0.3) is 0 Å². The van der Waals surface area contributed by atoms with Gasteiger partial charge < -0.3 is 20.4 Å². The molecule has 0 aliphatic heterocycles. The summed E-state index contributed by atoms with van der Waals surface area (Å²) in [6.45, 7) is 0. The highest BCUT2D eigenvalue weighted by Gasteiger charge is 2.14. The number of aliphatic hydroxyl groups excluding tert-OH is 1. The molecule has 0 spiro atoms. The first-order chi connectivity index (χ1) is 11.4. The molecule has 2 rings (SSSR count). The fourth-order valence-corrected chi connectivity index (χ4v) is 2.26. The van der Waals surface area contributed by atoms with Crippen molar-refractivity contribution in [2.75, 3.05) is 0 Å². The monoisotopic (exact) mass is 331 g/mol. The molecule has 0 amide bonds. The van der Waals surface area contributed by atoms with Gasteiger partial charge in [-0.15, -0.1) is 0 Å². The van der Waals surface area contributed by atoms with Crippen molar-refractivity contribution in [2.24, 2.45) is 0 Å². The van der Waals surface area contributed by atoms with E-state index >= 15 is 0 Å². The topological polar surface area (TPSA) is 128 Å². The van der Waals surface area contributed by atoms with E-state index in [4.69, 9.17) is 10.2 Å². The number of nitrogens with zero attached hydrogens (tertiary/aromatic N) is 1. The molecule has 7 heteroatoms. The molecule has 0 radical (unpaired) electrons. The van der Waals surface area contributed by atoms with Crippen molar-refractivity contribution in [1.82, 2.24) is 4.98 Å². The lowest BCUT2D eigenvalue weighted by molar-refractivity contribution is -0.136. The number of aromatic carboxylic acids is 1. The molecule has 1 atom stereocenters. The lowest BCUT2D eigenvalue weighted by Gasteiger charge is -2.12. The van der Waals surface area contributed by atoms with Gasteiger partial charge in [0.25, 0.3) is 0 Å². The van der Waals surface area contributed by atoms with Crippen molar-refractivity contribution in [1.29, 1.82) is 0 Å². The third-order valence-corrected chi connectivity index (χ3v) is 3.50. The Morgan fingerprint density at radius 1 is 1.12 bits per heavy atom. The zero-order valence-corrected chi connectivity index (χ0v) is 12.7. The molecule has 126 valence electrons. The molecule has 24 heavy (non-hydrogen) atoms. The predicted octanol–water partition coefficient (Wildman–Crippen LogP) is 1.78. The first-order valence-electron chi connectivity index (χ1n) is 7.27. The zero-order chi connectivity index (χ0) is 17.7. The van der Waals surface area contributed by atoms with Crippen LogP contribution >= 0.6 is 0 Å². The summed E-state index contributed by atoms with van der Waals surface area (Å²) in [6, 6.07) is 8.91. The minimum Gasteiger partial charge on any atom is -0.506 e. The van der Waals surface area contributed by atoms with Crippen LogP contribution in [0.5, 0.6) is 5.75 Å². The molecule has 0 aliphatic rings. The van der Waals surface area contributed by atoms with E-state index < -0.39 is 18.0 Å². The minimum atomic E-state index is -1.08. The normalized spacial score (nSPS) is 11.9. The summed E-state index contributed by atoms with van der Waals surface area (Å²) >= 11 is 0. The number of hydrogen-bond donors (Lipinski definition) is 4. The summed E-state index contributed by atoms with van der Waals surface area (Å²) in [6.07, 6.45) is -0.926. The van der Waals surface area contributed by atoms with E-state index in [1.807, 2.05) is 0 Å². The van der Waals surface area contributed by atoms with Crippen molar-refractivity contribution < 1.29 is 30.0 Å². The van der Waals surface area contributed by atoms with Gasteiger partial charge >= 0.3 is 11.9 Å². The minimum absolute atomic E-state index is 0.0763. The van der Waals surface area contributed by atoms with Gasteiger partial charge in [0.2, 0.25) is 0 Å². The van der Waals surface area contributed by atoms with Crippen molar-refractivity contribution in [3.8, 4) is 5.75 Å². The third-order valence-electron chi connectivity index (χ3n) is 3.50. The quantitative estimate of drug-likeness (QED) is 0.609. The van der Waals surface area contributed by atoms with Crippen LogP contribution in [0.15, 0.2) is 36.4 Å². The van der Waals surface area contributed by atoms with Crippen LogP contribution in [-0.2, 0) is 17.6 Å². The van der Waals surface area contributed by atoms with E-state index in [1.165, 1.54) is 24.3 Å². The van der Waals surface area contributed by atoms with E-state index in [0.29, 0.717) is 11.3 Å². The molecule has 7 nitrogen and oxygen atoms in total. The summed E-state index contributed by atoms with van der Waals surface area (Å²) in [5, 5.41) is 37.7.